The van der Waals surface area contributed by atoms with E-state index in [-0.39, 0.29) is 12.3 Å². The minimum Gasteiger partial charge on any atom is -0.494 e. The van der Waals surface area contributed by atoms with Gasteiger partial charge in [-0.15, -0.1) is 0 Å². The normalized spacial score (nSPS) is 11.7. The number of carbonyl (C=O) groups is 1. The van der Waals surface area contributed by atoms with Crippen LogP contribution in [0.2, 0.25) is 5.02 Å². The van der Waals surface area contributed by atoms with Crippen LogP contribution in [0.5, 0.6) is 5.88 Å². The summed E-state index contributed by atoms with van der Waals surface area (Å²) in [6.07, 6.45) is -0.0421. The first-order valence-electron chi connectivity index (χ1n) is 8.96. The molecule has 4 aromatic rings. The van der Waals surface area contributed by atoms with Crippen LogP contribution in [-0.2, 0) is 11.2 Å². The number of carboxylic acids is 1. The molecular weight excluding hydrogens is 388 g/mol. The van der Waals surface area contributed by atoms with Gasteiger partial charge in [0.2, 0.25) is 0 Å². The van der Waals surface area contributed by atoms with E-state index in [1.807, 2.05) is 36.4 Å². The number of aliphatic imine (C=N–C) groups is 1. The summed E-state index contributed by atoms with van der Waals surface area (Å²) < 4.78 is 0. The Kier molecular flexibility index (Phi) is 5.06. The number of hydrogen-bond donors (Lipinski definition) is 3. The van der Waals surface area contributed by atoms with Crippen molar-refractivity contribution in [3.8, 4) is 5.88 Å². The highest BCUT2D eigenvalue weighted by Gasteiger charge is 2.18. The van der Waals surface area contributed by atoms with Gasteiger partial charge < -0.3 is 15.2 Å². The van der Waals surface area contributed by atoms with Crippen LogP contribution < -0.4 is 0 Å². The van der Waals surface area contributed by atoms with Gasteiger partial charge in [0.05, 0.1) is 28.9 Å². The summed E-state index contributed by atoms with van der Waals surface area (Å²) in [6, 6.07) is 22.0. The summed E-state index contributed by atoms with van der Waals surface area (Å²) >= 11 is 6.08. The van der Waals surface area contributed by atoms with E-state index in [2.05, 4.69) is 4.98 Å². The molecule has 0 fully saturated rings. The number of hydrogen-bond acceptors (Lipinski definition) is 3. The fraction of sp³-hybridized carbons (Fsp3) is 0.0435. The number of aliphatic carboxylic acids is 1. The number of nitrogens with one attached hydrogen (secondary N) is 1. The predicted octanol–water partition coefficient (Wildman–Crippen LogP) is 5.32. The maximum atomic E-state index is 10.9. The SMILES string of the molecule is O=C(O)Cc1ccc(N=C(c2ccccc2)c2c(O)[nH]c3cc(Cl)ccc23)cc1. The lowest BCUT2D eigenvalue weighted by atomic mass is 10.0. The second-order valence-electron chi connectivity index (χ2n) is 6.60. The zero-order valence-electron chi connectivity index (χ0n) is 15.3. The zero-order chi connectivity index (χ0) is 20.4. The molecule has 3 aromatic carbocycles. The minimum atomic E-state index is -0.881. The molecule has 5 nitrogen and oxygen atoms in total. The fourth-order valence-corrected chi connectivity index (χ4v) is 3.42. The van der Waals surface area contributed by atoms with Gasteiger partial charge in [0, 0.05) is 16.0 Å². The molecule has 4 rings (SSSR count). The standard InChI is InChI=1S/C23H17ClN2O3/c24-16-8-11-18-19(13-16)26-23(29)21(18)22(15-4-2-1-3-5-15)25-17-9-6-14(7-10-17)12-20(27)28/h1-11,13,26,29H,12H2,(H,27,28). The van der Waals surface area contributed by atoms with Crippen LogP contribution in [0.25, 0.3) is 10.9 Å². The first-order valence-corrected chi connectivity index (χ1v) is 9.34. The first-order chi connectivity index (χ1) is 14.0. The number of carboxylic acid groups (broad SMARTS) is 1. The Morgan fingerprint density at radius 1 is 1.00 bits per heavy atom. The molecule has 1 heterocycles. The zero-order valence-corrected chi connectivity index (χ0v) is 16.0. The average molecular weight is 405 g/mol. The van der Waals surface area contributed by atoms with Crippen LogP contribution in [0.4, 0.5) is 5.69 Å². The van der Waals surface area contributed by atoms with Gasteiger partial charge in [0.25, 0.3) is 0 Å². The molecule has 0 radical (unpaired) electrons. The largest absolute Gasteiger partial charge is 0.494 e. The molecule has 0 spiro atoms. The van der Waals surface area contributed by atoms with E-state index >= 15 is 0 Å². The highest BCUT2D eigenvalue weighted by molar-refractivity contribution is 6.31. The summed E-state index contributed by atoms with van der Waals surface area (Å²) in [5.41, 5.74) is 4.09. The van der Waals surface area contributed by atoms with Gasteiger partial charge in [-0.25, -0.2) is 4.99 Å². The second kappa shape index (κ2) is 7.81. The Bertz CT molecular complexity index is 1210. The van der Waals surface area contributed by atoms with Crippen LogP contribution in [0.3, 0.4) is 0 Å². The summed E-state index contributed by atoms with van der Waals surface area (Å²) in [6.45, 7) is 0. The molecular formula is C23H17ClN2O3. The number of benzene rings is 3. The maximum absolute atomic E-state index is 10.9. The Hall–Kier alpha value is -3.57. The average Bonchev–Trinajstić information content (AvgIpc) is 3.02. The Labute approximate surface area is 171 Å². The van der Waals surface area contributed by atoms with E-state index in [1.54, 1.807) is 36.4 Å². The van der Waals surface area contributed by atoms with Crippen molar-refractivity contribution in [3.05, 3.63) is 94.5 Å². The van der Waals surface area contributed by atoms with Gasteiger partial charge in [0.15, 0.2) is 5.88 Å². The van der Waals surface area contributed by atoms with E-state index in [0.717, 1.165) is 10.9 Å². The number of aromatic amines is 1. The predicted molar refractivity (Wildman–Crippen MR) is 114 cm³/mol. The molecule has 0 aliphatic carbocycles. The Balaban J connectivity index is 1.87. The lowest BCUT2D eigenvalue weighted by Crippen LogP contribution is -2.03. The third kappa shape index (κ3) is 4.00. The fourth-order valence-electron chi connectivity index (χ4n) is 3.25. The van der Waals surface area contributed by atoms with Crippen molar-refractivity contribution in [2.75, 3.05) is 0 Å². The molecule has 0 amide bonds. The molecule has 144 valence electrons. The van der Waals surface area contributed by atoms with Crippen LogP contribution in [-0.4, -0.2) is 26.9 Å². The van der Waals surface area contributed by atoms with Gasteiger partial charge in [-0.1, -0.05) is 60.1 Å². The molecule has 0 unspecified atom stereocenters. The molecule has 0 aliphatic rings. The Morgan fingerprint density at radius 3 is 2.41 bits per heavy atom. The molecule has 1 aromatic heterocycles. The summed E-state index contributed by atoms with van der Waals surface area (Å²) in [5.74, 6) is -0.874. The van der Waals surface area contributed by atoms with Crippen molar-refractivity contribution in [2.24, 2.45) is 4.99 Å². The lowest BCUT2D eigenvalue weighted by Gasteiger charge is -2.08. The molecule has 6 heteroatoms. The monoisotopic (exact) mass is 404 g/mol. The number of aromatic nitrogens is 1. The van der Waals surface area contributed by atoms with Crippen molar-refractivity contribution < 1.29 is 15.0 Å². The molecule has 0 aliphatic heterocycles. The molecule has 0 saturated carbocycles. The number of aromatic hydroxyl groups is 1. The summed E-state index contributed by atoms with van der Waals surface area (Å²) in [7, 11) is 0. The third-order valence-electron chi connectivity index (χ3n) is 4.56. The first kappa shape index (κ1) is 18.8. The van der Waals surface area contributed by atoms with Gasteiger partial charge in [-0.05, 0) is 29.8 Å². The van der Waals surface area contributed by atoms with Crippen molar-refractivity contribution in [1.29, 1.82) is 0 Å². The molecule has 3 N–H and O–H groups in total. The lowest BCUT2D eigenvalue weighted by molar-refractivity contribution is -0.136. The second-order valence-corrected chi connectivity index (χ2v) is 7.04. The van der Waals surface area contributed by atoms with E-state index in [9.17, 15) is 9.90 Å². The molecule has 0 bridgehead atoms. The van der Waals surface area contributed by atoms with Crippen LogP contribution in [0.1, 0.15) is 16.7 Å². The van der Waals surface area contributed by atoms with E-state index in [0.29, 0.717) is 33.1 Å². The number of fused-ring (bicyclic) bond motifs is 1. The van der Waals surface area contributed by atoms with Gasteiger partial charge in [0.1, 0.15) is 0 Å². The number of nitrogens with zero attached hydrogens (tertiary/aromatic N) is 1. The van der Waals surface area contributed by atoms with E-state index < -0.39 is 5.97 Å². The summed E-state index contributed by atoms with van der Waals surface area (Å²) in [5, 5.41) is 20.9. The highest BCUT2D eigenvalue weighted by Crippen LogP contribution is 2.32. The summed E-state index contributed by atoms with van der Waals surface area (Å²) in [4.78, 5) is 18.6. The topological polar surface area (TPSA) is 85.7 Å². The van der Waals surface area contributed by atoms with Crippen LogP contribution >= 0.6 is 11.6 Å². The minimum absolute atomic E-state index is 0.00682. The third-order valence-corrected chi connectivity index (χ3v) is 4.79. The molecule has 0 saturated heterocycles. The smallest absolute Gasteiger partial charge is 0.307 e. The van der Waals surface area contributed by atoms with Gasteiger partial charge in [-0.2, -0.15) is 0 Å². The van der Waals surface area contributed by atoms with Crippen molar-refractivity contribution >= 4 is 39.9 Å². The van der Waals surface area contributed by atoms with Gasteiger partial charge >= 0.3 is 5.97 Å². The number of rotatable bonds is 5. The number of halogens is 1. The van der Waals surface area contributed by atoms with Crippen molar-refractivity contribution in [1.82, 2.24) is 4.98 Å². The van der Waals surface area contributed by atoms with Crippen LogP contribution in [0.15, 0.2) is 77.8 Å². The van der Waals surface area contributed by atoms with Crippen molar-refractivity contribution in [3.63, 3.8) is 0 Å². The quantitative estimate of drug-likeness (QED) is 0.393. The van der Waals surface area contributed by atoms with Crippen LogP contribution in [0, 0.1) is 0 Å². The molecule has 29 heavy (non-hydrogen) atoms. The number of H-pyrrole nitrogens is 1. The van der Waals surface area contributed by atoms with E-state index in [1.165, 1.54) is 0 Å². The van der Waals surface area contributed by atoms with E-state index in [4.69, 9.17) is 21.7 Å². The van der Waals surface area contributed by atoms with Gasteiger partial charge in [-0.3, -0.25) is 4.79 Å². The highest BCUT2D eigenvalue weighted by atomic mass is 35.5. The van der Waals surface area contributed by atoms with Crippen molar-refractivity contribution in [2.45, 2.75) is 6.42 Å². The Morgan fingerprint density at radius 2 is 1.72 bits per heavy atom. The molecule has 0 atom stereocenters. The maximum Gasteiger partial charge on any atom is 0.307 e.